The highest BCUT2D eigenvalue weighted by Crippen LogP contribution is 2.27. The van der Waals surface area contributed by atoms with Crippen LogP contribution < -0.4 is 10.6 Å². The third kappa shape index (κ3) is 6.57. The van der Waals surface area contributed by atoms with Gasteiger partial charge in [0.15, 0.2) is 6.10 Å². The first-order valence-corrected chi connectivity index (χ1v) is 11.6. The molecule has 2 N–H and O–H groups in total. The van der Waals surface area contributed by atoms with E-state index in [0.717, 1.165) is 17.7 Å². The van der Waals surface area contributed by atoms with Gasteiger partial charge in [0, 0.05) is 24.5 Å². The molecule has 0 aliphatic carbocycles. The second-order valence-electron chi connectivity index (χ2n) is 8.55. The molecule has 1 fully saturated rings. The molecule has 1 saturated heterocycles. The van der Waals surface area contributed by atoms with Gasteiger partial charge >= 0.3 is 12.0 Å². The Hall–Kier alpha value is -3.35. The fourth-order valence-electron chi connectivity index (χ4n) is 3.90. The molecule has 3 rings (SSSR count). The Morgan fingerprint density at radius 1 is 1.03 bits per heavy atom. The molecule has 7 nitrogen and oxygen atoms in total. The van der Waals surface area contributed by atoms with Crippen LogP contribution in [0.4, 0.5) is 16.2 Å². The first kappa shape index (κ1) is 24.3. The SMILES string of the molecule is CCC(C)c1ccccc1NC(=O)C(C)OC(=O)C1CCCN(C(=O)Nc2ccccc2)C1. The van der Waals surface area contributed by atoms with Gasteiger partial charge in [-0.25, -0.2) is 4.79 Å². The molecule has 1 heterocycles. The summed E-state index contributed by atoms with van der Waals surface area (Å²) in [5.41, 5.74) is 2.50. The lowest BCUT2D eigenvalue weighted by atomic mass is 9.97. The summed E-state index contributed by atoms with van der Waals surface area (Å²) in [6.45, 7) is 6.62. The number of esters is 1. The number of hydrogen-bond donors (Lipinski definition) is 2. The fraction of sp³-hybridized carbons (Fsp3) is 0.423. The molecule has 1 aliphatic rings. The number of benzene rings is 2. The number of carbonyl (C=O) groups excluding carboxylic acids is 3. The van der Waals surface area contributed by atoms with E-state index in [4.69, 9.17) is 4.74 Å². The van der Waals surface area contributed by atoms with Crippen molar-refractivity contribution in [2.24, 2.45) is 5.92 Å². The lowest BCUT2D eigenvalue weighted by molar-refractivity contribution is -0.158. The number of anilines is 2. The van der Waals surface area contributed by atoms with Crippen molar-refractivity contribution >= 4 is 29.3 Å². The van der Waals surface area contributed by atoms with Gasteiger partial charge in [0.1, 0.15) is 0 Å². The molecule has 0 aromatic heterocycles. The summed E-state index contributed by atoms with van der Waals surface area (Å²) in [6.07, 6.45) is 1.34. The van der Waals surface area contributed by atoms with Crippen molar-refractivity contribution in [3.8, 4) is 0 Å². The largest absolute Gasteiger partial charge is 0.452 e. The van der Waals surface area contributed by atoms with Crippen LogP contribution in [0.15, 0.2) is 54.6 Å². The molecule has 0 bridgehead atoms. The number of hydrogen-bond acceptors (Lipinski definition) is 4. The summed E-state index contributed by atoms with van der Waals surface area (Å²) < 4.78 is 5.49. The number of urea groups is 1. The monoisotopic (exact) mass is 451 g/mol. The van der Waals surface area contributed by atoms with Gasteiger partial charge in [-0.2, -0.15) is 0 Å². The minimum absolute atomic E-state index is 0.244. The van der Waals surface area contributed by atoms with Crippen molar-refractivity contribution in [3.05, 3.63) is 60.2 Å². The zero-order chi connectivity index (χ0) is 23.8. The van der Waals surface area contributed by atoms with E-state index in [-0.39, 0.29) is 18.5 Å². The summed E-state index contributed by atoms with van der Waals surface area (Å²) in [4.78, 5) is 39.7. The van der Waals surface area contributed by atoms with E-state index >= 15 is 0 Å². The van der Waals surface area contributed by atoms with E-state index < -0.39 is 18.0 Å². The van der Waals surface area contributed by atoms with Gasteiger partial charge in [0.25, 0.3) is 5.91 Å². The summed E-state index contributed by atoms with van der Waals surface area (Å²) in [5.74, 6) is -0.976. The van der Waals surface area contributed by atoms with Crippen LogP contribution in [0.5, 0.6) is 0 Å². The van der Waals surface area contributed by atoms with E-state index in [1.165, 1.54) is 0 Å². The Kier molecular flexibility index (Phi) is 8.46. The van der Waals surface area contributed by atoms with Gasteiger partial charge < -0.3 is 20.3 Å². The Morgan fingerprint density at radius 2 is 1.73 bits per heavy atom. The van der Waals surface area contributed by atoms with Gasteiger partial charge in [0.05, 0.1) is 5.92 Å². The summed E-state index contributed by atoms with van der Waals surface area (Å²) >= 11 is 0. The second-order valence-corrected chi connectivity index (χ2v) is 8.55. The van der Waals surface area contributed by atoms with Crippen LogP contribution in [0.3, 0.4) is 0 Å². The summed E-state index contributed by atoms with van der Waals surface area (Å²) in [7, 11) is 0. The van der Waals surface area contributed by atoms with Gasteiger partial charge in [-0.1, -0.05) is 50.2 Å². The lowest BCUT2D eigenvalue weighted by Crippen LogP contribution is -2.45. The molecule has 2 aromatic carbocycles. The smallest absolute Gasteiger partial charge is 0.321 e. The second kappa shape index (κ2) is 11.5. The van der Waals surface area contributed by atoms with Crippen molar-refractivity contribution in [2.45, 2.75) is 52.1 Å². The molecule has 3 unspecified atom stereocenters. The number of amides is 3. The predicted octanol–water partition coefficient (Wildman–Crippen LogP) is 5.01. The van der Waals surface area contributed by atoms with Crippen LogP contribution in [-0.2, 0) is 14.3 Å². The highest BCUT2D eigenvalue weighted by molar-refractivity contribution is 5.96. The average molecular weight is 452 g/mol. The van der Waals surface area contributed by atoms with Crippen molar-refractivity contribution < 1.29 is 19.1 Å². The Balaban J connectivity index is 1.55. The van der Waals surface area contributed by atoms with Crippen LogP contribution in [0.2, 0.25) is 0 Å². The molecular weight excluding hydrogens is 418 g/mol. The molecule has 0 spiro atoms. The van der Waals surface area contributed by atoms with E-state index in [2.05, 4.69) is 24.5 Å². The number of nitrogens with zero attached hydrogens (tertiary/aromatic N) is 1. The van der Waals surface area contributed by atoms with Crippen molar-refractivity contribution in [1.82, 2.24) is 4.90 Å². The molecule has 33 heavy (non-hydrogen) atoms. The molecule has 3 amide bonds. The molecule has 176 valence electrons. The van der Waals surface area contributed by atoms with Crippen LogP contribution in [0.1, 0.15) is 51.5 Å². The third-order valence-electron chi connectivity index (χ3n) is 6.09. The topological polar surface area (TPSA) is 87.7 Å². The number of para-hydroxylation sites is 2. The molecule has 0 saturated carbocycles. The average Bonchev–Trinajstić information content (AvgIpc) is 2.84. The first-order chi connectivity index (χ1) is 15.9. The highest BCUT2D eigenvalue weighted by Gasteiger charge is 2.31. The van der Waals surface area contributed by atoms with Crippen LogP contribution in [-0.4, -0.2) is 42.0 Å². The van der Waals surface area contributed by atoms with E-state index in [1.807, 2.05) is 54.6 Å². The number of rotatable bonds is 7. The summed E-state index contributed by atoms with van der Waals surface area (Å²) in [6, 6.07) is 16.6. The zero-order valence-electron chi connectivity index (χ0n) is 19.5. The normalized spacial score (nSPS) is 17.5. The van der Waals surface area contributed by atoms with Gasteiger partial charge in [-0.15, -0.1) is 0 Å². The van der Waals surface area contributed by atoms with E-state index in [0.29, 0.717) is 31.0 Å². The Morgan fingerprint density at radius 3 is 2.45 bits per heavy atom. The van der Waals surface area contributed by atoms with Crippen LogP contribution in [0.25, 0.3) is 0 Å². The summed E-state index contributed by atoms with van der Waals surface area (Å²) in [5, 5.41) is 5.74. The maximum Gasteiger partial charge on any atom is 0.321 e. The molecular formula is C26H33N3O4. The molecule has 1 aliphatic heterocycles. The number of nitrogens with one attached hydrogen (secondary N) is 2. The maximum absolute atomic E-state index is 12.8. The highest BCUT2D eigenvalue weighted by atomic mass is 16.5. The number of piperidine rings is 1. The van der Waals surface area contributed by atoms with E-state index in [1.54, 1.807) is 11.8 Å². The number of carbonyl (C=O) groups is 3. The standard InChI is InChI=1S/C26H33N3O4/c1-4-18(2)22-14-8-9-15-23(22)28-24(30)19(3)33-25(31)20-11-10-16-29(17-20)26(32)27-21-12-6-5-7-13-21/h5-9,12-15,18-20H,4,10-11,16-17H2,1-3H3,(H,27,32)(H,28,30). The first-order valence-electron chi connectivity index (χ1n) is 11.6. The molecule has 2 aromatic rings. The van der Waals surface area contributed by atoms with Crippen LogP contribution >= 0.6 is 0 Å². The van der Waals surface area contributed by atoms with Gasteiger partial charge in [-0.05, 0) is 55.9 Å². The minimum atomic E-state index is -0.934. The Labute approximate surface area is 195 Å². The Bertz CT molecular complexity index is 963. The quantitative estimate of drug-likeness (QED) is 0.579. The van der Waals surface area contributed by atoms with Crippen molar-refractivity contribution in [1.29, 1.82) is 0 Å². The molecule has 0 radical (unpaired) electrons. The molecule has 3 atom stereocenters. The number of ether oxygens (including phenoxy) is 1. The van der Waals surface area contributed by atoms with Gasteiger partial charge in [-0.3, -0.25) is 9.59 Å². The third-order valence-corrected chi connectivity index (χ3v) is 6.09. The zero-order valence-corrected chi connectivity index (χ0v) is 19.5. The minimum Gasteiger partial charge on any atom is -0.452 e. The fourth-order valence-corrected chi connectivity index (χ4v) is 3.90. The lowest BCUT2D eigenvalue weighted by Gasteiger charge is -2.32. The molecule has 7 heteroatoms. The predicted molar refractivity (Wildman–Crippen MR) is 129 cm³/mol. The number of likely N-dealkylation sites (tertiary alicyclic amines) is 1. The van der Waals surface area contributed by atoms with E-state index in [9.17, 15) is 14.4 Å². The van der Waals surface area contributed by atoms with Gasteiger partial charge in [0.2, 0.25) is 0 Å². The van der Waals surface area contributed by atoms with Crippen molar-refractivity contribution in [3.63, 3.8) is 0 Å². The maximum atomic E-state index is 12.8. The van der Waals surface area contributed by atoms with Crippen LogP contribution in [0, 0.1) is 5.92 Å². The van der Waals surface area contributed by atoms with Crippen molar-refractivity contribution in [2.75, 3.05) is 23.7 Å².